The zero-order chi connectivity index (χ0) is 10.7. The van der Waals surface area contributed by atoms with E-state index in [1.807, 2.05) is 6.08 Å². The first kappa shape index (κ1) is 10.7. The monoisotopic (exact) mass is 209 g/mol. The van der Waals surface area contributed by atoms with Gasteiger partial charge in [0, 0.05) is 11.6 Å². The highest BCUT2D eigenvalue weighted by atomic mass is 16.4. The first-order valence-corrected chi connectivity index (χ1v) is 5.95. The van der Waals surface area contributed by atoms with E-state index in [9.17, 15) is 4.79 Å². The van der Waals surface area contributed by atoms with Gasteiger partial charge in [0.15, 0.2) is 0 Å². The predicted octanol–water partition coefficient (Wildman–Crippen LogP) is 1.94. The van der Waals surface area contributed by atoms with Gasteiger partial charge in [0.2, 0.25) is 0 Å². The second kappa shape index (κ2) is 4.79. The molecule has 2 rings (SSSR count). The molecule has 0 aromatic heterocycles. The van der Waals surface area contributed by atoms with Gasteiger partial charge in [-0.3, -0.25) is 0 Å². The van der Waals surface area contributed by atoms with Gasteiger partial charge < -0.3 is 10.4 Å². The standard InChI is InChI=1S/C12H19NO2/c14-12(15)10-6-7-13-11(8-10)9-4-2-1-3-5-9/h8-9,11,13H,1-7H2,(H,14,15). The van der Waals surface area contributed by atoms with E-state index in [2.05, 4.69) is 5.32 Å². The van der Waals surface area contributed by atoms with Crippen molar-refractivity contribution in [2.45, 2.75) is 44.6 Å². The summed E-state index contributed by atoms with van der Waals surface area (Å²) in [7, 11) is 0. The van der Waals surface area contributed by atoms with Crippen LogP contribution < -0.4 is 5.32 Å². The molecule has 3 nitrogen and oxygen atoms in total. The molecule has 1 aliphatic carbocycles. The van der Waals surface area contributed by atoms with Crippen LogP contribution in [0.3, 0.4) is 0 Å². The molecule has 0 bridgehead atoms. The van der Waals surface area contributed by atoms with Gasteiger partial charge in [-0.2, -0.15) is 0 Å². The van der Waals surface area contributed by atoms with E-state index >= 15 is 0 Å². The lowest BCUT2D eigenvalue weighted by Crippen LogP contribution is -2.40. The lowest BCUT2D eigenvalue weighted by Gasteiger charge is -2.31. The number of carboxylic acid groups (broad SMARTS) is 1. The minimum Gasteiger partial charge on any atom is -0.478 e. The number of hydrogen-bond donors (Lipinski definition) is 2. The van der Waals surface area contributed by atoms with Crippen LogP contribution in [0.15, 0.2) is 11.6 Å². The second-order valence-corrected chi connectivity index (χ2v) is 4.63. The van der Waals surface area contributed by atoms with Crippen LogP contribution in [-0.2, 0) is 4.79 Å². The maximum atomic E-state index is 10.9. The Hall–Kier alpha value is -0.830. The third-order valence-corrected chi connectivity index (χ3v) is 3.59. The number of aliphatic carboxylic acids is 1. The summed E-state index contributed by atoms with van der Waals surface area (Å²) in [5.74, 6) is -0.0780. The number of carbonyl (C=O) groups is 1. The average Bonchev–Trinajstić information content (AvgIpc) is 2.30. The zero-order valence-corrected chi connectivity index (χ0v) is 9.04. The summed E-state index contributed by atoms with van der Waals surface area (Å²) in [5.41, 5.74) is 0.601. The largest absolute Gasteiger partial charge is 0.478 e. The van der Waals surface area contributed by atoms with Crippen LogP contribution in [0, 0.1) is 5.92 Å². The fourth-order valence-corrected chi connectivity index (χ4v) is 2.71. The van der Waals surface area contributed by atoms with E-state index in [0.29, 0.717) is 24.0 Å². The lowest BCUT2D eigenvalue weighted by atomic mass is 9.82. The highest BCUT2D eigenvalue weighted by molar-refractivity contribution is 5.86. The van der Waals surface area contributed by atoms with Gasteiger partial charge in [0.05, 0.1) is 0 Å². The van der Waals surface area contributed by atoms with E-state index in [0.717, 1.165) is 6.54 Å². The summed E-state index contributed by atoms with van der Waals surface area (Å²) in [4.78, 5) is 10.9. The van der Waals surface area contributed by atoms with Crippen LogP contribution in [0.25, 0.3) is 0 Å². The zero-order valence-electron chi connectivity index (χ0n) is 9.04. The quantitative estimate of drug-likeness (QED) is 0.730. The van der Waals surface area contributed by atoms with Gasteiger partial charge in [0.25, 0.3) is 0 Å². The van der Waals surface area contributed by atoms with E-state index < -0.39 is 5.97 Å². The Morgan fingerprint density at radius 2 is 2.07 bits per heavy atom. The Morgan fingerprint density at radius 3 is 2.73 bits per heavy atom. The van der Waals surface area contributed by atoms with Crippen LogP contribution in [0.4, 0.5) is 0 Å². The van der Waals surface area contributed by atoms with Crippen LogP contribution in [0.5, 0.6) is 0 Å². The van der Waals surface area contributed by atoms with E-state index in [4.69, 9.17) is 5.11 Å². The van der Waals surface area contributed by atoms with Gasteiger partial charge in [-0.25, -0.2) is 4.79 Å². The molecule has 84 valence electrons. The summed E-state index contributed by atoms with van der Waals surface area (Å²) in [6.45, 7) is 0.819. The van der Waals surface area contributed by atoms with Gasteiger partial charge >= 0.3 is 5.97 Å². The lowest BCUT2D eigenvalue weighted by molar-refractivity contribution is -0.132. The molecule has 2 N–H and O–H groups in total. The molecule has 2 aliphatic rings. The number of rotatable bonds is 2. The van der Waals surface area contributed by atoms with Gasteiger partial charge in [-0.1, -0.05) is 25.3 Å². The van der Waals surface area contributed by atoms with Gasteiger partial charge in [-0.15, -0.1) is 0 Å². The summed E-state index contributed by atoms with van der Waals surface area (Å²) in [5, 5.41) is 12.4. The predicted molar refractivity (Wildman–Crippen MR) is 58.7 cm³/mol. The molecule has 3 heteroatoms. The first-order valence-electron chi connectivity index (χ1n) is 5.95. The van der Waals surface area contributed by atoms with Crippen molar-refractivity contribution in [2.75, 3.05) is 6.54 Å². The molecule has 1 heterocycles. The molecule has 0 radical (unpaired) electrons. The Morgan fingerprint density at radius 1 is 1.33 bits per heavy atom. The van der Waals surface area contributed by atoms with Gasteiger partial charge in [0.1, 0.15) is 0 Å². The molecule has 1 aliphatic heterocycles. The summed E-state index contributed by atoms with van der Waals surface area (Å²) in [6.07, 6.45) is 9.07. The van der Waals surface area contributed by atoms with Crippen molar-refractivity contribution in [3.63, 3.8) is 0 Å². The molecule has 1 saturated carbocycles. The van der Waals surface area contributed by atoms with Crippen molar-refractivity contribution < 1.29 is 9.90 Å². The second-order valence-electron chi connectivity index (χ2n) is 4.63. The minimum atomic E-state index is -0.739. The molecule has 1 unspecified atom stereocenters. The van der Waals surface area contributed by atoms with Crippen molar-refractivity contribution in [2.24, 2.45) is 5.92 Å². The topological polar surface area (TPSA) is 49.3 Å². The maximum absolute atomic E-state index is 10.9. The minimum absolute atomic E-state index is 0.310. The normalized spacial score (nSPS) is 28.5. The van der Waals surface area contributed by atoms with Crippen molar-refractivity contribution >= 4 is 5.97 Å². The molecule has 1 atom stereocenters. The molecular formula is C12H19NO2. The molecular weight excluding hydrogens is 190 g/mol. The summed E-state index contributed by atoms with van der Waals surface area (Å²) >= 11 is 0. The Balaban J connectivity index is 2.01. The van der Waals surface area contributed by atoms with Crippen molar-refractivity contribution in [3.05, 3.63) is 11.6 Å². The molecule has 0 saturated heterocycles. The molecule has 1 fully saturated rings. The van der Waals surface area contributed by atoms with Crippen LogP contribution in [0.1, 0.15) is 38.5 Å². The fraction of sp³-hybridized carbons (Fsp3) is 0.750. The van der Waals surface area contributed by atoms with E-state index in [1.165, 1.54) is 32.1 Å². The Labute approximate surface area is 90.6 Å². The molecule has 0 spiro atoms. The Bertz CT molecular complexity index is 267. The van der Waals surface area contributed by atoms with Crippen molar-refractivity contribution in [1.29, 1.82) is 0 Å². The molecule has 0 aromatic rings. The molecule has 0 amide bonds. The highest BCUT2D eigenvalue weighted by Crippen LogP contribution is 2.28. The van der Waals surface area contributed by atoms with Crippen LogP contribution >= 0.6 is 0 Å². The number of nitrogens with one attached hydrogen (secondary N) is 1. The third-order valence-electron chi connectivity index (χ3n) is 3.59. The highest BCUT2D eigenvalue weighted by Gasteiger charge is 2.25. The number of hydrogen-bond acceptors (Lipinski definition) is 2. The Kier molecular flexibility index (Phi) is 3.41. The van der Waals surface area contributed by atoms with E-state index in [1.54, 1.807) is 0 Å². The van der Waals surface area contributed by atoms with E-state index in [-0.39, 0.29) is 0 Å². The molecule has 0 aromatic carbocycles. The third kappa shape index (κ3) is 2.59. The molecule has 15 heavy (non-hydrogen) atoms. The van der Waals surface area contributed by atoms with Crippen molar-refractivity contribution in [3.8, 4) is 0 Å². The fourth-order valence-electron chi connectivity index (χ4n) is 2.71. The average molecular weight is 209 g/mol. The summed E-state index contributed by atoms with van der Waals surface area (Å²) < 4.78 is 0. The van der Waals surface area contributed by atoms with Crippen LogP contribution in [0.2, 0.25) is 0 Å². The van der Waals surface area contributed by atoms with Gasteiger partial charge in [-0.05, 0) is 31.7 Å². The van der Waals surface area contributed by atoms with Crippen molar-refractivity contribution in [1.82, 2.24) is 5.32 Å². The SMILES string of the molecule is O=C(O)C1=CC(C2CCCCC2)NCC1. The first-order chi connectivity index (χ1) is 7.27. The van der Waals surface area contributed by atoms with Crippen LogP contribution in [-0.4, -0.2) is 23.7 Å². The maximum Gasteiger partial charge on any atom is 0.331 e. The summed E-state index contributed by atoms with van der Waals surface area (Å²) in [6, 6.07) is 0.310. The number of carboxylic acids is 1. The smallest absolute Gasteiger partial charge is 0.331 e.